The number of hydrogen-bond donors (Lipinski definition) is 1. The van der Waals surface area contributed by atoms with Crippen LogP contribution in [0.4, 0.5) is 0 Å². The van der Waals surface area contributed by atoms with Crippen molar-refractivity contribution in [2.75, 3.05) is 0 Å². The lowest BCUT2D eigenvalue weighted by Crippen LogP contribution is -2.18. The Morgan fingerprint density at radius 1 is 1.64 bits per heavy atom. The molecule has 11 heavy (non-hydrogen) atoms. The van der Waals surface area contributed by atoms with Crippen molar-refractivity contribution in [2.45, 2.75) is 13.8 Å². The van der Waals surface area contributed by atoms with E-state index in [9.17, 15) is 0 Å². The Morgan fingerprint density at radius 2 is 2.36 bits per heavy atom. The maximum Gasteiger partial charge on any atom is 0.173 e. The van der Waals surface area contributed by atoms with Crippen LogP contribution in [0, 0.1) is 5.92 Å². The minimum Gasteiger partial charge on any atom is -0.409 e. The van der Waals surface area contributed by atoms with Gasteiger partial charge in [-0.3, -0.25) is 0 Å². The molecule has 0 amide bonds. The lowest BCUT2D eigenvalue weighted by molar-refractivity contribution is 0.312. The fourth-order valence-electron chi connectivity index (χ4n) is 0.752. The lowest BCUT2D eigenvalue weighted by atomic mass is 10.2. The van der Waals surface area contributed by atoms with E-state index in [0.717, 1.165) is 0 Å². The van der Waals surface area contributed by atoms with Gasteiger partial charge in [0.05, 0.1) is 0 Å². The molecule has 1 N–H and O–H groups in total. The van der Waals surface area contributed by atoms with Crippen molar-refractivity contribution in [2.24, 2.45) is 11.1 Å². The molecule has 0 aliphatic heterocycles. The molecule has 0 bridgehead atoms. The molecule has 1 rings (SSSR count). The Bertz CT molecular complexity index is 239. The van der Waals surface area contributed by atoms with Crippen molar-refractivity contribution in [3.63, 3.8) is 0 Å². The van der Waals surface area contributed by atoms with Gasteiger partial charge in [0.25, 0.3) is 0 Å². The Balaban J connectivity index is 2.90. The second kappa shape index (κ2) is 3.14. The number of hydrogen-bond acceptors (Lipinski definition) is 4. The first-order valence-corrected chi connectivity index (χ1v) is 3.32. The van der Waals surface area contributed by atoms with E-state index < -0.39 is 0 Å². The zero-order valence-corrected chi connectivity index (χ0v) is 6.47. The van der Waals surface area contributed by atoms with Gasteiger partial charge in [0.15, 0.2) is 5.84 Å². The zero-order valence-electron chi connectivity index (χ0n) is 6.47. The van der Waals surface area contributed by atoms with Crippen LogP contribution in [-0.4, -0.2) is 25.8 Å². The summed E-state index contributed by atoms with van der Waals surface area (Å²) in [5, 5.41) is 15.5. The van der Waals surface area contributed by atoms with Crippen LogP contribution in [0.15, 0.2) is 17.8 Å². The summed E-state index contributed by atoms with van der Waals surface area (Å²) in [4.78, 5) is 3.73. The summed E-state index contributed by atoms with van der Waals surface area (Å²) in [6, 6.07) is 0. The molecule has 0 saturated heterocycles. The van der Waals surface area contributed by atoms with Gasteiger partial charge in [-0.15, -0.1) is 0 Å². The van der Waals surface area contributed by atoms with Crippen LogP contribution >= 0.6 is 0 Å². The molecule has 0 fully saturated rings. The summed E-state index contributed by atoms with van der Waals surface area (Å²) < 4.78 is 1.44. The summed E-state index contributed by atoms with van der Waals surface area (Å²) in [5.41, 5.74) is 0. The maximum atomic E-state index is 8.57. The van der Waals surface area contributed by atoms with Crippen LogP contribution in [0.3, 0.4) is 0 Å². The van der Waals surface area contributed by atoms with E-state index in [1.54, 1.807) is 0 Å². The summed E-state index contributed by atoms with van der Waals surface area (Å²) in [6.07, 6.45) is 2.89. The minimum absolute atomic E-state index is 0.127. The molecule has 5 nitrogen and oxygen atoms in total. The molecule has 0 atom stereocenters. The summed E-state index contributed by atoms with van der Waals surface area (Å²) in [7, 11) is 0. The van der Waals surface area contributed by atoms with Crippen molar-refractivity contribution in [1.29, 1.82) is 0 Å². The highest BCUT2D eigenvalue weighted by atomic mass is 16.4. The molecular weight excluding hydrogens is 144 g/mol. The van der Waals surface area contributed by atoms with Gasteiger partial charge < -0.3 is 5.21 Å². The third-order valence-electron chi connectivity index (χ3n) is 1.27. The average Bonchev–Trinajstić information content (AvgIpc) is 2.40. The first-order valence-electron chi connectivity index (χ1n) is 3.32. The average molecular weight is 154 g/mol. The Kier molecular flexibility index (Phi) is 2.20. The standard InChI is InChI=1S/C6H10N4O/c1-5(2)6(9-11)10-4-7-3-8-10/h3-5,11H,1-2H3. The van der Waals surface area contributed by atoms with Crippen molar-refractivity contribution >= 4 is 5.84 Å². The highest BCUT2D eigenvalue weighted by Crippen LogP contribution is 1.97. The molecule has 0 aromatic carbocycles. The van der Waals surface area contributed by atoms with Crippen molar-refractivity contribution in [1.82, 2.24) is 14.8 Å². The van der Waals surface area contributed by atoms with Gasteiger partial charge in [0, 0.05) is 5.92 Å². The maximum absolute atomic E-state index is 8.57. The molecular formula is C6H10N4O. The third kappa shape index (κ3) is 1.54. The summed E-state index contributed by atoms with van der Waals surface area (Å²) >= 11 is 0. The van der Waals surface area contributed by atoms with E-state index in [1.807, 2.05) is 13.8 Å². The second-order valence-electron chi connectivity index (χ2n) is 2.45. The Hall–Kier alpha value is -1.39. The van der Waals surface area contributed by atoms with E-state index in [4.69, 9.17) is 5.21 Å². The normalized spacial score (nSPS) is 12.5. The molecule has 0 aliphatic rings. The molecule has 0 saturated carbocycles. The van der Waals surface area contributed by atoms with Crippen molar-refractivity contribution < 1.29 is 5.21 Å². The Labute approximate surface area is 64.4 Å². The lowest BCUT2D eigenvalue weighted by Gasteiger charge is -2.05. The smallest absolute Gasteiger partial charge is 0.173 e. The van der Waals surface area contributed by atoms with Crippen LogP contribution in [0.5, 0.6) is 0 Å². The van der Waals surface area contributed by atoms with E-state index in [0.29, 0.717) is 5.84 Å². The van der Waals surface area contributed by atoms with Gasteiger partial charge >= 0.3 is 0 Å². The molecule has 0 spiro atoms. The SMILES string of the molecule is CC(C)C(=NO)n1cncn1. The highest BCUT2D eigenvalue weighted by molar-refractivity contribution is 5.84. The Morgan fingerprint density at radius 3 is 2.73 bits per heavy atom. The molecule has 0 radical (unpaired) electrons. The number of nitrogens with zero attached hydrogens (tertiary/aromatic N) is 4. The van der Waals surface area contributed by atoms with E-state index in [2.05, 4.69) is 15.2 Å². The second-order valence-corrected chi connectivity index (χ2v) is 2.45. The predicted octanol–water partition coefficient (Wildman–Crippen LogP) is 0.570. The van der Waals surface area contributed by atoms with Crippen molar-refractivity contribution in [3.05, 3.63) is 12.7 Å². The quantitative estimate of drug-likeness (QED) is 0.278. The molecule has 1 aromatic rings. The minimum atomic E-state index is 0.127. The van der Waals surface area contributed by atoms with E-state index >= 15 is 0 Å². The monoisotopic (exact) mass is 154 g/mol. The molecule has 0 aliphatic carbocycles. The topological polar surface area (TPSA) is 63.3 Å². The van der Waals surface area contributed by atoms with Gasteiger partial charge in [-0.2, -0.15) is 5.10 Å². The fraction of sp³-hybridized carbons (Fsp3) is 0.500. The number of oxime groups is 1. The molecule has 1 aromatic heterocycles. The summed E-state index contributed by atoms with van der Waals surface area (Å²) in [5.74, 6) is 0.615. The van der Waals surface area contributed by atoms with Gasteiger partial charge in [-0.05, 0) is 0 Å². The van der Waals surface area contributed by atoms with Crippen LogP contribution < -0.4 is 0 Å². The fourth-order valence-corrected chi connectivity index (χ4v) is 0.752. The molecule has 1 heterocycles. The first-order chi connectivity index (χ1) is 5.25. The van der Waals surface area contributed by atoms with Crippen LogP contribution in [0.2, 0.25) is 0 Å². The van der Waals surface area contributed by atoms with E-state index in [1.165, 1.54) is 17.3 Å². The van der Waals surface area contributed by atoms with Gasteiger partial charge in [-0.1, -0.05) is 19.0 Å². The zero-order chi connectivity index (χ0) is 8.27. The van der Waals surface area contributed by atoms with Gasteiger partial charge in [0.1, 0.15) is 12.7 Å². The highest BCUT2D eigenvalue weighted by Gasteiger charge is 2.07. The largest absolute Gasteiger partial charge is 0.409 e. The van der Waals surface area contributed by atoms with Crippen LogP contribution in [0.1, 0.15) is 13.8 Å². The third-order valence-corrected chi connectivity index (χ3v) is 1.27. The summed E-state index contributed by atoms with van der Waals surface area (Å²) in [6.45, 7) is 3.83. The van der Waals surface area contributed by atoms with Crippen molar-refractivity contribution in [3.8, 4) is 0 Å². The number of rotatable bonds is 1. The predicted molar refractivity (Wildman–Crippen MR) is 39.5 cm³/mol. The van der Waals surface area contributed by atoms with Crippen LogP contribution in [-0.2, 0) is 0 Å². The molecule has 60 valence electrons. The van der Waals surface area contributed by atoms with Crippen LogP contribution in [0.25, 0.3) is 0 Å². The van der Waals surface area contributed by atoms with Gasteiger partial charge in [-0.25, -0.2) is 9.67 Å². The van der Waals surface area contributed by atoms with E-state index in [-0.39, 0.29) is 5.92 Å². The molecule has 5 heteroatoms. The molecule has 0 unspecified atom stereocenters. The number of aromatic nitrogens is 3. The van der Waals surface area contributed by atoms with Gasteiger partial charge in [0.2, 0.25) is 0 Å². The first kappa shape index (κ1) is 7.71.